The Labute approximate surface area is 87.5 Å². The second-order valence-electron chi connectivity index (χ2n) is 4.00. The van der Waals surface area contributed by atoms with Crippen LogP contribution in [0.5, 0.6) is 0 Å². The number of hydrogen-bond donors (Lipinski definition) is 0. The molecule has 2 heteroatoms. The molecule has 2 aliphatic rings. The number of rotatable bonds is 0. The van der Waals surface area contributed by atoms with Gasteiger partial charge in [-0.15, -0.1) is 0 Å². The number of epoxide rings is 1. The van der Waals surface area contributed by atoms with Gasteiger partial charge in [0.15, 0.2) is 0 Å². The average molecular weight is 195 g/mol. The first-order valence-corrected chi connectivity index (χ1v) is 5.15. The van der Waals surface area contributed by atoms with Gasteiger partial charge >= 0.3 is 0 Å². The van der Waals surface area contributed by atoms with E-state index in [9.17, 15) is 0 Å². The van der Waals surface area contributed by atoms with Crippen LogP contribution >= 0.6 is 0 Å². The van der Waals surface area contributed by atoms with Crippen LogP contribution in [-0.2, 0) is 4.74 Å². The zero-order chi connectivity index (χ0) is 9.83. The summed E-state index contributed by atoms with van der Waals surface area (Å²) in [5.74, 6) is 0. The molecule has 2 atom stereocenters. The van der Waals surface area contributed by atoms with Gasteiger partial charge in [0.05, 0.1) is 5.69 Å². The Morgan fingerprint density at radius 3 is 2.80 bits per heavy atom. The number of aromatic nitrogens is 1. The Kier molecular flexibility index (Phi) is 1.25. The maximum Gasteiger partial charge on any atom is 0.131 e. The standard InChI is InChI=1S/C13H9NO/c1-2-5-10-8(4-1)9-6-3-7-14-11(9)13-12(10)15-13/h1-7,12-13H/t12-,13+/m0/s1. The van der Waals surface area contributed by atoms with Crippen LogP contribution in [0.2, 0.25) is 0 Å². The van der Waals surface area contributed by atoms with Gasteiger partial charge in [0.2, 0.25) is 0 Å². The molecule has 1 aromatic carbocycles. The molecule has 0 bridgehead atoms. The summed E-state index contributed by atoms with van der Waals surface area (Å²) in [7, 11) is 0. The number of benzene rings is 1. The lowest BCUT2D eigenvalue weighted by Crippen LogP contribution is -2.00. The Morgan fingerprint density at radius 1 is 0.933 bits per heavy atom. The molecular formula is C13H9NO. The predicted molar refractivity (Wildman–Crippen MR) is 56.2 cm³/mol. The molecular weight excluding hydrogens is 186 g/mol. The maximum absolute atomic E-state index is 5.67. The van der Waals surface area contributed by atoms with E-state index in [0.717, 1.165) is 5.69 Å². The molecule has 2 aromatic rings. The molecule has 1 saturated heterocycles. The third-order valence-electron chi connectivity index (χ3n) is 3.16. The van der Waals surface area contributed by atoms with Crippen molar-refractivity contribution < 1.29 is 4.74 Å². The van der Waals surface area contributed by atoms with Crippen molar-refractivity contribution in [3.05, 3.63) is 53.9 Å². The first kappa shape index (κ1) is 7.60. The second kappa shape index (κ2) is 2.47. The number of hydrogen-bond acceptors (Lipinski definition) is 2. The molecule has 2 heterocycles. The molecule has 0 saturated carbocycles. The van der Waals surface area contributed by atoms with Gasteiger partial charge < -0.3 is 4.74 Å². The van der Waals surface area contributed by atoms with Crippen LogP contribution in [0.4, 0.5) is 0 Å². The minimum atomic E-state index is 0.205. The summed E-state index contributed by atoms with van der Waals surface area (Å²) in [5, 5.41) is 0. The minimum absolute atomic E-state index is 0.205. The number of ether oxygens (including phenoxy) is 1. The highest BCUT2D eigenvalue weighted by molar-refractivity contribution is 5.74. The highest BCUT2D eigenvalue weighted by Crippen LogP contribution is 2.58. The van der Waals surface area contributed by atoms with E-state index < -0.39 is 0 Å². The van der Waals surface area contributed by atoms with Crippen LogP contribution in [0.1, 0.15) is 23.5 Å². The molecule has 1 aliphatic heterocycles. The van der Waals surface area contributed by atoms with E-state index in [-0.39, 0.29) is 12.2 Å². The van der Waals surface area contributed by atoms with Crippen LogP contribution in [-0.4, -0.2) is 4.98 Å². The van der Waals surface area contributed by atoms with Crippen LogP contribution < -0.4 is 0 Å². The molecule has 0 spiro atoms. The summed E-state index contributed by atoms with van der Waals surface area (Å²) in [6, 6.07) is 12.5. The first-order valence-electron chi connectivity index (χ1n) is 5.15. The fourth-order valence-electron chi connectivity index (χ4n) is 2.42. The van der Waals surface area contributed by atoms with Gasteiger partial charge in [-0.2, -0.15) is 0 Å². The third-order valence-corrected chi connectivity index (χ3v) is 3.16. The smallest absolute Gasteiger partial charge is 0.131 e. The number of pyridine rings is 1. The molecule has 0 radical (unpaired) electrons. The molecule has 1 aromatic heterocycles. The second-order valence-corrected chi connectivity index (χ2v) is 4.00. The van der Waals surface area contributed by atoms with Crippen LogP contribution in [0.15, 0.2) is 42.6 Å². The maximum atomic E-state index is 5.67. The van der Waals surface area contributed by atoms with E-state index in [1.807, 2.05) is 12.3 Å². The van der Waals surface area contributed by atoms with Crippen molar-refractivity contribution in [2.75, 3.05) is 0 Å². The van der Waals surface area contributed by atoms with E-state index >= 15 is 0 Å². The summed E-state index contributed by atoms with van der Waals surface area (Å²) >= 11 is 0. The fraction of sp³-hybridized carbons (Fsp3) is 0.154. The van der Waals surface area contributed by atoms with Crippen molar-refractivity contribution in [3.8, 4) is 11.1 Å². The topological polar surface area (TPSA) is 25.4 Å². The number of nitrogens with zero attached hydrogens (tertiary/aromatic N) is 1. The SMILES string of the molecule is c1ccc2c(c1)-c1cccnc1[C@H]1O[C@@H]21. The molecule has 72 valence electrons. The zero-order valence-corrected chi connectivity index (χ0v) is 8.05. The van der Waals surface area contributed by atoms with Crippen molar-refractivity contribution in [1.82, 2.24) is 4.98 Å². The quantitative estimate of drug-likeness (QED) is 0.604. The monoisotopic (exact) mass is 195 g/mol. The highest BCUT2D eigenvalue weighted by Gasteiger charge is 2.48. The Bertz CT molecular complexity index is 500. The van der Waals surface area contributed by atoms with Crippen molar-refractivity contribution in [2.45, 2.75) is 12.2 Å². The van der Waals surface area contributed by atoms with Crippen LogP contribution in [0, 0.1) is 0 Å². The average Bonchev–Trinajstić information content (AvgIpc) is 3.10. The van der Waals surface area contributed by atoms with Crippen LogP contribution in [0.25, 0.3) is 11.1 Å². The molecule has 15 heavy (non-hydrogen) atoms. The minimum Gasteiger partial charge on any atom is -0.358 e. The normalized spacial score (nSPS) is 25.1. The fourth-order valence-corrected chi connectivity index (χ4v) is 2.42. The van der Waals surface area contributed by atoms with Gasteiger partial charge in [0.25, 0.3) is 0 Å². The Morgan fingerprint density at radius 2 is 1.80 bits per heavy atom. The largest absolute Gasteiger partial charge is 0.358 e. The lowest BCUT2D eigenvalue weighted by molar-refractivity contribution is 0.377. The van der Waals surface area contributed by atoms with Gasteiger partial charge in [0, 0.05) is 11.8 Å². The van der Waals surface area contributed by atoms with Gasteiger partial charge in [-0.05, 0) is 17.2 Å². The van der Waals surface area contributed by atoms with Gasteiger partial charge in [-0.1, -0.05) is 30.3 Å². The summed E-state index contributed by atoms with van der Waals surface area (Å²) in [6.07, 6.45) is 2.30. The van der Waals surface area contributed by atoms with E-state index in [1.165, 1.54) is 16.7 Å². The molecule has 2 nitrogen and oxygen atoms in total. The molecule has 0 N–H and O–H groups in total. The summed E-state index contributed by atoms with van der Waals surface area (Å²) in [6.45, 7) is 0. The molecule has 1 aliphatic carbocycles. The Hall–Kier alpha value is -1.67. The molecule has 0 unspecified atom stereocenters. The van der Waals surface area contributed by atoms with E-state index in [0.29, 0.717) is 0 Å². The van der Waals surface area contributed by atoms with Crippen molar-refractivity contribution >= 4 is 0 Å². The molecule has 0 amide bonds. The Balaban J connectivity index is 2.09. The summed E-state index contributed by atoms with van der Waals surface area (Å²) in [4.78, 5) is 4.42. The first-order chi connectivity index (χ1) is 7.45. The van der Waals surface area contributed by atoms with Crippen LogP contribution in [0.3, 0.4) is 0 Å². The van der Waals surface area contributed by atoms with Crippen molar-refractivity contribution in [3.63, 3.8) is 0 Å². The highest BCUT2D eigenvalue weighted by atomic mass is 16.6. The van der Waals surface area contributed by atoms with Crippen molar-refractivity contribution in [2.24, 2.45) is 0 Å². The van der Waals surface area contributed by atoms with E-state index in [1.54, 1.807) is 0 Å². The molecule has 1 fully saturated rings. The predicted octanol–water partition coefficient (Wildman–Crippen LogP) is 2.87. The van der Waals surface area contributed by atoms with Gasteiger partial charge in [-0.3, -0.25) is 4.98 Å². The zero-order valence-electron chi connectivity index (χ0n) is 8.05. The number of fused-ring (bicyclic) bond motifs is 6. The van der Waals surface area contributed by atoms with E-state index in [2.05, 4.69) is 35.3 Å². The van der Waals surface area contributed by atoms with Crippen molar-refractivity contribution in [1.29, 1.82) is 0 Å². The lowest BCUT2D eigenvalue weighted by atomic mass is 9.89. The van der Waals surface area contributed by atoms with Gasteiger partial charge in [0.1, 0.15) is 12.2 Å². The summed E-state index contributed by atoms with van der Waals surface area (Å²) in [5.41, 5.74) is 4.91. The summed E-state index contributed by atoms with van der Waals surface area (Å²) < 4.78 is 5.67. The van der Waals surface area contributed by atoms with Gasteiger partial charge in [-0.25, -0.2) is 0 Å². The molecule has 4 rings (SSSR count). The van der Waals surface area contributed by atoms with E-state index in [4.69, 9.17) is 4.74 Å². The lowest BCUT2D eigenvalue weighted by Gasteiger charge is -2.14. The third kappa shape index (κ3) is 0.896.